The molecule has 1 heterocycles. The van der Waals surface area contributed by atoms with E-state index in [4.69, 9.17) is 10.0 Å². The van der Waals surface area contributed by atoms with E-state index in [1.165, 1.54) is 0 Å². The maximum atomic E-state index is 12.6. The van der Waals surface area contributed by atoms with Gasteiger partial charge in [0.2, 0.25) is 10.0 Å². The molecule has 18 heavy (non-hydrogen) atoms. The topological polar surface area (TPSA) is 99.5 Å². The molecule has 0 unspecified atom stereocenters. The molecule has 0 aromatic carbocycles. The molecule has 0 aliphatic heterocycles. The van der Waals surface area contributed by atoms with Crippen LogP contribution in [-0.4, -0.2) is 36.8 Å². The van der Waals surface area contributed by atoms with Crippen molar-refractivity contribution in [1.29, 1.82) is 0 Å². The standard InChI is InChI=1S/C7H8BF3N2O4S/c1-18(16,17)13-6-5(7(9,10)11)2-4(3-12-6)8(14)15/h2-3,14-15H,1H3,(H,12,13). The van der Waals surface area contributed by atoms with E-state index in [1.54, 1.807) is 4.72 Å². The summed E-state index contributed by atoms with van der Waals surface area (Å²) >= 11 is 0. The summed E-state index contributed by atoms with van der Waals surface area (Å²) in [5.74, 6) is -0.922. The van der Waals surface area contributed by atoms with Gasteiger partial charge in [0.15, 0.2) is 5.82 Å². The lowest BCUT2D eigenvalue weighted by Gasteiger charge is -2.13. The summed E-state index contributed by atoms with van der Waals surface area (Å²) in [5.41, 5.74) is -1.90. The van der Waals surface area contributed by atoms with Crippen LogP contribution in [0.15, 0.2) is 12.3 Å². The number of alkyl halides is 3. The molecule has 1 aromatic rings. The van der Waals surface area contributed by atoms with Crippen molar-refractivity contribution in [1.82, 2.24) is 4.98 Å². The van der Waals surface area contributed by atoms with Crippen LogP contribution in [0.4, 0.5) is 19.0 Å². The van der Waals surface area contributed by atoms with Crippen molar-refractivity contribution < 1.29 is 31.6 Å². The monoisotopic (exact) mass is 284 g/mol. The van der Waals surface area contributed by atoms with Crippen LogP contribution in [0.1, 0.15) is 5.56 Å². The molecule has 0 radical (unpaired) electrons. The normalized spacial score (nSPS) is 12.3. The third-order valence-electron chi connectivity index (χ3n) is 1.79. The van der Waals surface area contributed by atoms with Gasteiger partial charge in [0.25, 0.3) is 0 Å². The highest BCUT2D eigenvalue weighted by Gasteiger charge is 2.36. The first-order valence-corrected chi connectivity index (χ1v) is 6.31. The number of anilines is 1. The Hall–Kier alpha value is -1.33. The third kappa shape index (κ3) is 3.86. The Morgan fingerprint density at radius 1 is 1.39 bits per heavy atom. The van der Waals surface area contributed by atoms with E-state index in [0.717, 1.165) is 6.20 Å². The van der Waals surface area contributed by atoms with Gasteiger partial charge in [-0.1, -0.05) is 0 Å². The van der Waals surface area contributed by atoms with E-state index in [2.05, 4.69) is 4.98 Å². The van der Waals surface area contributed by atoms with E-state index < -0.39 is 40.2 Å². The van der Waals surface area contributed by atoms with Crippen molar-refractivity contribution in [3.63, 3.8) is 0 Å². The van der Waals surface area contributed by atoms with Crippen LogP contribution in [0.3, 0.4) is 0 Å². The number of sulfonamides is 1. The molecule has 100 valence electrons. The molecule has 11 heteroatoms. The Balaban J connectivity index is 3.35. The highest BCUT2D eigenvalue weighted by molar-refractivity contribution is 7.92. The minimum Gasteiger partial charge on any atom is -0.423 e. The lowest BCUT2D eigenvalue weighted by molar-refractivity contribution is -0.137. The zero-order valence-corrected chi connectivity index (χ0v) is 9.75. The van der Waals surface area contributed by atoms with Crippen LogP contribution < -0.4 is 10.2 Å². The fourth-order valence-electron chi connectivity index (χ4n) is 1.10. The molecule has 1 rings (SSSR count). The Bertz CT molecular complexity index is 546. The molecule has 0 spiro atoms. The summed E-state index contributed by atoms with van der Waals surface area (Å²) < 4.78 is 61.2. The van der Waals surface area contributed by atoms with Gasteiger partial charge in [-0.25, -0.2) is 13.4 Å². The molecule has 6 nitrogen and oxygen atoms in total. The summed E-state index contributed by atoms with van der Waals surface area (Å²) in [6, 6.07) is 0.408. The number of pyridine rings is 1. The SMILES string of the molecule is CS(=O)(=O)Nc1ncc(B(O)O)cc1C(F)(F)F. The second kappa shape index (κ2) is 4.74. The summed E-state index contributed by atoms with van der Waals surface area (Å²) in [6.07, 6.45) is -3.48. The smallest absolute Gasteiger partial charge is 0.423 e. The summed E-state index contributed by atoms with van der Waals surface area (Å²) in [7, 11) is -6.06. The van der Waals surface area contributed by atoms with E-state index in [0.29, 0.717) is 12.3 Å². The summed E-state index contributed by atoms with van der Waals surface area (Å²) in [4.78, 5) is 3.22. The fraction of sp³-hybridized carbons (Fsp3) is 0.286. The number of nitrogens with zero attached hydrogens (tertiary/aromatic N) is 1. The first-order chi connectivity index (χ1) is 8.00. The van der Waals surface area contributed by atoms with Gasteiger partial charge < -0.3 is 10.0 Å². The lowest BCUT2D eigenvalue weighted by atomic mass is 9.81. The minimum absolute atomic E-state index is 0.408. The van der Waals surface area contributed by atoms with E-state index in [9.17, 15) is 21.6 Å². The van der Waals surface area contributed by atoms with E-state index in [-0.39, 0.29) is 0 Å². The molecule has 0 aliphatic carbocycles. The maximum Gasteiger partial charge on any atom is 0.490 e. The Morgan fingerprint density at radius 2 is 1.94 bits per heavy atom. The molecule has 0 fully saturated rings. The quantitative estimate of drug-likeness (QED) is 0.628. The van der Waals surface area contributed by atoms with Gasteiger partial charge in [-0.05, 0) is 6.07 Å². The number of hydrogen-bond donors (Lipinski definition) is 3. The summed E-state index contributed by atoms with van der Waals surface area (Å²) in [6.45, 7) is 0. The van der Waals surface area contributed by atoms with Crippen molar-refractivity contribution in [3.8, 4) is 0 Å². The van der Waals surface area contributed by atoms with Crippen molar-refractivity contribution in [2.45, 2.75) is 6.18 Å². The van der Waals surface area contributed by atoms with Crippen molar-refractivity contribution in [2.75, 3.05) is 11.0 Å². The van der Waals surface area contributed by atoms with Gasteiger partial charge in [-0.15, -0.1) is 0 Å². The first kappa shape index (κ1) is 14.7. The van der Waals surface area contributed by atoms with Crippen LogP contribution >= 0.6 is 0 Å². The number of aromatic nitrogens is 1. The number of hydrogen-bond acceptors (Lipinski definition) is 5. The van der Waals surface area contributed by atoms with Crippen LogP contribution in [0.5, 0.6) is 0 Å². The first-order valence-electron chi connectivity index (χ1n) is 4.42. The van der Waals surface area contributed by atoms with Gasteiger partial charge in [0, 0.05) is 11.7 Å². The molecule has 0 atom stereocenters. The average Bonchev–Trinajstić information content (AvgIpc) is 2.13. The van der Waals surface area contributed by atoms with Gasteiger partial charge in [0.1, 0.15) is 0 Å². The second-order valence-electron chi connectivity index (χ2n) is 3.41. The fourth-order valence-corrected chi connectivity index (χ4v) is 1.61. The van der Waals surface area contributed by atoms with Gasteiger partial charge >= 0.3 is 13.3 Å². The number of nitrogens with one attached hydrogen (secondary N) is 1. The van der Waals surface area contributed by atoms with Gasteiger partial charge in [-0.3, -0.25) is 4.72 Å². The Kier molecular flexibility index (Phi) is 3.88. The molecule has 0 saturated heterocycles. The summed E-state index contributed by atoms with van der Waals surface area (Å²) in [5, 5.41) is 17.5. The van der Waals surface area contributed by atoms with Crippen LogP contribution in [0, 0.1) is 0 Å². The van der Waals surface area contributed by atoms with Crippen LogP contribution in [0.2, 0.25) is 0 Å². The highest BCUT2D eigenvalue weighted by atomic mass is 32.2. The Morgan fingerprint density at radius 3 is 2.33 bits per heavy atom. The molecule has 0 amide bonds. The lowest BCUT2D eigenvalue weighted by Crippen LogP contribution is -2.32. The molecule has 3 N–H and O–H groups in total. The van der Waals surface area contributed by atoms with Crippen molar-refractivity contribution in [3.05, 3.63) is 17.8 Å². The molecule has 0 bridgehead atoms. The van der Waals surface area contributed by atoms with E-state index >= 15 is 0 Å². The largest absolute Gasteiger partial charge is 0.490 e. The van der Waals surface area contributed by atoms with E-state index in [1.807, 2.05) is 0 Å². The van der Waals surface area contributed by atoms with Gasteiger partial charge in [0.05, 0.1) is 11.8 Å². The van der Waals surface area contributed by atoms with Crippen LogP contribution in [-0.2, 0) is 16.2 Å². The molecule has 0 aliphatic rings. The third-order valence-corrected chi connectivity index (χ3v) is 2.36. The number of halogens is 3. The van der Waals surface area contributed by atoms with Crippen molar-refractivity contribution >= 4 is 28.4 Å². The predicted octanol–water partition coefficient (Wildman–Crippen LogP) is -0.848. The number of rotatable bonds is 3. The maximum absolute atomic E-state index is 12.6. The molecular formula is C7H8BF3N2O4S. The predicted molar refractivity (Wildman–Crippen MR) is 57.5 cm³/mol. The zero-order valence-electron chi connectivity index (χ0n) is 8.93. The highest BCUT2D eigenvalue weighted by Crippen LogP contribution is 2.33. The van der Waals surface area contributed by atoms with Crippen molar-refractivity contribution in [2.24, 2.45) is 0 Å². The Labute approximate surface area is 101 Å². The zero-order chi connectivity index (χ0) is 14.1. The second-order valence-corrected chi connectivity index (χ2v) is 5.16. The van der Waals surface area contributed by atoms with Gasteiger partial charge in [-0.2, -0.15) is 13.2 Å². The molecule has 0 saturated carbocycles. The minimum atomic E-state index is -4.88. The molecular weight excluding hydrogens is 276 g/mol. The molecule has 1 aromatic heterocycles. The van der Waals surface area contributed by atoms with Crippen LogP contribution in [0.25, 0.3) is 0 Å². The average molecular weight is 284 g/mol.